The van der Waals surface area contributed by atoms with Crippen LogP contribution >= 0.6 is 0 Å². The third-order valence-electron chi connectivity index (χ3n) is 5.33. The number of hydrogen-bond donors (Lipinski definition) is 0. The number of likely N-dealkylation sites (N-methyl/N-ethyl adjacent to an activating group) is 1. The molecule has 1 heterocycles. The van der Waals surface area contributed by atoms with E-state index in [1.54, 1.807) is 16.7 Å². The van der Waals surface area contributed by atoms with Crippen LogP contribution in [0.25, 0.3) is 0 Å². The van der Waals surface area contributed by atoms with E-state index in [9.17, 15) is 0 Å². The molecule has 0 spiro atoms. The van der Waals surface area contributed by atoms with Gasteiger partial charge in [-0.05, 0) is 73.4 Å². The predicted molar refractivity (Wildman–Crippen MR) is 88.6 cm³/mol. The zero-order valence-electron chi connectivity index (χ0n) is 14.5. The van der Waals surface area contributed by atoms with E-state index in [4.69, 9.17) is 0 Å². The smallest absolute Gasteiger partial charge is 0.0322 e. The summed E-state index contributed by atoms with van der Waals surface area (Å²) in [7, 11) is 2.28. The van der Waals surface area contributed by atoms with E-state index in [-0.39, 0.29) is 0 Å². The second-order valence-electron chi connectivity index (χ2n) is 7.36. The highest BCUT2D eigenvalue weighted by Crippen LogP contribution is 2.44. The maximum Gasteiger partial charge on any atom is 0.0322 e. The molecule has 0 aromatic heterocycles. The molecule has 0 aliphatic carbocycles. The van der Waals surface area contributed by atoms with Crippen LogP contribution in [0, 0.1) is 19.8 Å². The molecule has 0 N–H and O–H groups in total. The molecule has 1 unspecified atom stereocenters. The molecule has 1 aliphatic rings. The van der Waals surface area contributed by atoms with Gasteiger partial charge in [0, 0.05) is 12.6 Å². The number of fused-ring (bicyclic) bond motifs is 1. The number of benzene rings is 1. The average Bonchev–Trinajstić information content (AvgIpc) is 2.36. The normalized spacial score (nSPS) is 23.5. The molecule has 0 radical (unpaired) electrons. The summed E-state index contributed by atoms with van der Waals surface area (Å²) in [6, 6.07) is 2.99. The van der Waals surface area contributed by atoms with Crippen molar-refractivity contribution in [3.8, 4) is 0 Å². The monoisotopic (exact) mass is 273 g/mol. The Morgan fingerprint density at radius 1 is 1.10 bits per heavy atom. The Morgan fingerprint density at radius 3 is 2.20 bits per heavy atom. The average molecular weight is 273 g/mol. The maximum atomic E-state index is 2.53. The van der Waals surface area contributed by atoms with Crippen LogP contribution in [0.1, 0.15) is 80.3 Å². The zero-order chi connectivity index (χ0) is 15.2. The summed E-state index contributed by atoms with van der Waals surface area (Å²) in [5, 5.41) is 0. The lowest BCUT2D eigenvalue weighted by molar-refractivity contribution is 0.201. The maximum absolute atomic E-state index is 2.53. The van der Waals surface area contributed by atoms with Crippen molar-refractivity contribution in [2.45, 2.75) is 66.3 Å². The first-order valence-corrected chi connectivity index (χ1v) is 8.09. The van der Waals surface area contributed by atoms with Gasteiger partial charge in [-0.25, -0.2) is 0 Å². The zero-order valence-corrected chi connectivity index (χ0v) is 14.5. The SMILES string of the molecule is Cc1cc(C(C)C)c2c(c1C)[C@H](C)N(C)CC2C(C)C. The molecule has 1 nitrogen and oxygen atoms in total. The van der Waals surface area contributed by atoms with E-state index in [1.807, 2.05) is 0 Å². The Labute approximate surface area is 125 Å². The van der Waals surface area contributed by atoms with E-state index < -0.39 is 0 Å². The standard InChI is InChI=1S/C19H31N/c1-11(2)16-9-13(5)14(6)18-15(7)20(8)10-17(12(3)4)19(16)18/h9,11-12,15,17H,10H2,1-8H3/t15-,17?/m0/s1. The molecule has 2 atom stereocenters. The molecule has 0 fully saturated rings. The molecular formula is C19H31N. The van der Waals surface area contributed by atoms with Crippen molar-refractivity contribution in [1.29, 1.82) is 0 Å². The highest BCUT2D eigenvalue weighted by molar-refractivity contribution is 5.51. The fourth-order valence-electron chi connectivity index (χ4n) is 3.74. The summed E-state index contributed by atoms with van der Waals surface area (Å²) in [6.45, 7) is 17.6. The largest absolute Gasteiger partial charge is 0.299 e. The molecule has 112 valence electrons. The quantitative estimate of drug-likeness (QED) is 0.718. The van der Waals surface area contributed by atoms with Gasteiger partial charge in [0.15, 0.2) is 0 Å². The summed E-state index contributed by atoms with van der Waals surface area (Å²) in [6.07, 6.45) is 0. The molecule has 2 rings (SSSR count). The van der Waals surface area contributed by atoms with Crippen LogP contribution in [0.4, 0.5) is 0 Å². The van der Waals surface area contributed by atoms with Crippen LogP contribution in [0.5, 0.6) is 0 Å². The van der Waals surface area contributed by atoms with E-state index >= 15 is 0 Å². The van der Waals surface area contributed by atoms with Gasteiger partial charge in [-0.3, -0.25) is 4.90 Å². The van der Waals surface area contributed by atoms with E-state index in [0.29, 0.717) is 23.8 Å². The van der Waals surface area contributed by atoms with Gasteiger partial charge < -0.3 is 0 Å². The van der Waals surface area contributed by atoms with Crippen LogP contribution in [0.3, 0.4) is 0 Å². The summed E-state index contributed by atoms with van der Waals surface area (Å²) in [4.78, 5) is 2.53. The number of aryl methyl sites for hydroxylation is 1. The van der Waals surface area contributed by atoms with Gasteiger partial charge in [0.1, 0.15) is 0 Å². The minimum atomic E-state index is 0.539. The fourth-order valence-corrected chi connectivity index (χ4v) is 3.74. The van der Waals surface area contributed by atoms with Crippen LogP contribution in [-0.2, 0) is 0 Å². The molecule has 1 aromatic rings. The lowest BCUT2D eigenvalue weighted by Gasteiger charge is -2.42. The number of rotatable bonds is 2. The summed E-state index contributed by atoms with van der Waals surface area (Å²) < 4.78 is 0. The van der Waals surface area contributed by atoms with Crippen LogP contribution in [-0.4, -0.2) is 18.5 Å². The second-order valence-corrected chi connectivity index (χ2v) is 7.36. The lowest BCUT2D eigenvalue weighted by Crippen LogP contribution is -2.37. The Hall–Kier alpha value is -0.820. The van der Waals surface area contributed by atoms with Crippen molar-refractivity contribution < 1.29 is 0 Å². The third kappa shape index (κ3) is 2.41. The van der Waals surface area contributed by atoms with Crippen molar-refractivity contribution in [1.82, 2.24) is 4.90 Å². The molecular weight excluding hydrogens is 242 g/mol. The van der Waals surface area contributed by atoms with Crippen molar-refractivity contribution in [2.75, 3.05) is 13.6 Å². The van der Waals surface area contributed by atoms with Gasteiger partial charge in [-0.2, -0.15) is 0 Å². The lowest BCUT2D eigenvalue weighted by atomic mass is 9.73. The van der Waals surface area contributed by atoms with Gasteiger partial charge in [0.2, 0.25) is 0 Å². The van der Waals surface area contributed by atoms with E-state index in [0.717, 1.165) is 0 Å². The molecule has 1 aromatic carbocycles. The highest BCUT2D eigenvalue weighted by Gasteiger charge is 2.34. The summed E-state index contributed by atoms with van der Waals surface area (Å²) >= 11 is 0. The molecule has 20 heavy (non-hydrogen) atoms. The number of nitrogens with zero attached hydrogens (tertiary/aromatic N) is 1. The Bertz CT molecular complexity index is 499. The predicted octanol–water partition coefficient (Wildman–Crippen LogP) is 5.17. The van der Waals surface area contributed by atoms with Crippen LogP contribution in [0.2, 0.25) is 0 Å². The van der Waals surface area contributed by atoms with Crippen LogP contribution in [0.15, 0.2) is 6.07 Å². The van der Waals surface area contributed by atoms with Crippen molar-refractivity contribution in [3.05, 3.63) is 33.9 Å². The molecule has 0 saturated carbocycles. The first kappa shape index (κ1) is 15.6. The molecule has 0 bridgehead atoms. The molecule has 1 heteroatoms. The van der Waals surface area contributed by atoms with E-state index in [2.05, 4.69) is 66.5 Å². The van der Waals surface area contributed by atoms with Gasteiger partial charge in [-0.15, -0.1) is 0 Å². The Morgan fingerprint density at radius 2 is 1.70 bits per heavy atom. The highest BCUT2D eigenvalue weighted by atomic mass is 15.1. The minimum absolute atomic E-state index is 0.539. The second kappa shape index (κ2) is 5.52. The summed E-state index contributed by atoms with van der Waals surface area (Å²) in [5.74, 6) is 1.98. The first-order chi connectivity index (χ1) is 9.25. The van der Waals surface area contributed by atoms with Crippen molar-refractivity contribution in [3.63, 3.8) is 0 Å². The molecule has 0 saturated heterocycles. The van der Waals surface area contributed by atoms with Gasteiger partial charge in [0.25, 0.3) is 0 Å². The minimum Gasteiger partial charge on any atom is -0.299 e. The molecule has 0 amide bonds. The number of hydrogen-bond acceptors (Lipinski definition) is 1. The summed E-state index contributed by atoms with van der Waals surface area (Å²) in [5.41, 5.74) is 7.83. The van der Waals surface area contributed by atoms with Crippen LogP contribution < -0.4 is 0 Å². The van der Waals surface area contributed by atoms with Gasteiger partial charge >= 0.3 is 0 Å². The Kier molecular flexibility index (Phi) is 4.30. The van der Waals surface area contributed by atoms with E-state index in [1.165, 1.54) is 17.7 Å². The topological polar surface area (TPSA) is 3.24 Å². The third-order valence-corrected chi connectivity index (χ3v) is 5.33. The Balaban J connectivity index is 2.76. The first-order valence-electron chi connectivity index (χ1n) is 8.09. The van der Waals surface area contributed by atoms with Crippen molar-refractivity contribution >= 4 is 0 Å². The fraction of sp³-hybridized carbons (Fsp3) is 0.684. The van der Waals surface area contributed by atoms with Gasteiger partial charge in [-0.1, -0.05) is 33.8 Å². The molecule has 1 aliphatic heterocycles. The van der Waals surface area contributed by atoms with Crippen molar-refractivity contribution in [2.24, 2.45) is 5.92 Å². The van der Waals surface area contributed by atoms with Gasteiger partial charge in [0.05, 0.1) is 0 Å².